The Hall–Kier alpha value is -2.59. The van der Waals surface area contributed by atoms with E-state index < -0.39 is 5.97 Å². The van der Waals surface area contributed by atoms with Crippen molar-refractivity contribution < 1.29 is 14.7 Å². The number of rotatable bonds is 3. The molecule has 0 aliphatic rings. The molecule has 4 nitrogen and oxygen atoms in total. The van der Waals surface area contributed by atoms with Gasteiger partial charge in [-0.2, -0.15) is 0 Å². The van der Waals surface area contributed by atoms with Crippen LogP contribution < -0.4 is 0 Å². The van der Waals surface area contributed by atoms with Gasteiger partial charge in [-0.25, -0.2) is 4.79 Å². The maximum Gasteiger partial charge on any atom is 0.336 e. The van der Waals surface area contributed by atoms with Crippen molar-refractivity contribution in [3.63, 3.8) is 0 Å². The Morgan fingerprint density at radius 3 is 2.38 bits per heavy atom. The lowest BCUT2D eigenvalue weighted by Gasteiger charge is -2.03. The molecule has 0 fully saturated rings. The zero-order valence-corrected chi connectivity index (χ0v) is 11.5. The van der Waals surface area contributed by atoms with Gasteiger partial charge >= 0.3 is 5.97 Å². The minimum atomic E-state index is -1.06. The molecule has 3 rings (SSSR count). The van der Waals surface area contributed by atoms with Gasteiger partial charge in [0.25, 0.3) is 0 Å². The SMILES string of the molecule is O=C(O)c1cccc2[nH]cc(C(=O)c3ccc(Cl)cc3)c12. The van der Waals surface area contributed by atoms with E-state index in [-0.39, 0.29) is 11.3 Å². The first-order valence-corrected chi connectivity index (χ1v) is 6.59. The van der Waals surface area contributed by atoms with Gasteiger partial charge in [0.15, 0.2) is 5.78 Å². The molecule has 0 radical (unpaired) electrons. The lowest BCUT2D eigenvalue weighted by molar-refractivity contribution is 0.0699. The number of carboxylic acids is 1. The zero-order valence-electron chi connectivity index (χ0n) is 10.8. The summed E-state index contributed by atoms with van der Waals surface area (Å²) in [6.45, 7) is 0. The number of benzene rings is 2. The van der Waals surface area contributed by atoms with Gasteiger partial charge in [0.2, 0.25) is 0 Å². The number of hydrogen-bond donors (Lipinski definition) is 2. The first-order chi connectivity index (χ1) is 10.1. The van der Waals surface area contributed by atoms with Gasteiger partial charge in [0.05, 0.1) is 5.56 Å². The summed E-state index contributed by atoms with van der Waals surface area (Å²) < 4.78 is 0. The Kier molecular flexibility index (Phi) is 3.23. The van der Waals surface area contributed by atoms with Crippen LogP contribution in [0.25, 0.3) is 10.9 Å². The van der Waals surface area contributed by atoms with Gasteiger partial charge in [-0.05, 0) is 36.4 Å². The number of hydrogen-bond acceptors (Lipinski definition) is 2. The van der Waals surface area contributed by atoms with Crippen LogP contribution in [0.15, 0.2) is 48.7 Å². The molecule has 5 heteroatoms. The molecule has 2 N–H and O–H groups in total. The fourth-order valence-electron chi connectivity index (χ4n) is 2.30. The molecule has 0 bridgehead atoms. The summed E-state index contributed by atoms with van der Waals surface area (Å²) in [7, 11) is 0. The van der Waals surface area contributed by atoms with Crippen molar-refractivity contribution >= 4 is 34.3 Å². The molecule has 0 saturated heterocycles. The number of carbonyl (C=O) groups excluding carboxylic acids is 1. The zero-order chi connectivity index (χ0) is 15.0. The van der Waals surface area contributed by atoms with Crippen molar-refractivity contribution in [2.75, 3.05) is 0 Å². The molecular weight excluding hydrogens is 290 g/mol. The fraction of sp³-hybridized carbons (Fsp3) is 0. The molecule has 104 valence electrons. The second-order valence-electron chi connectivity index (χ2n) is 4.57. The molecule has 0 atom stereocenters. The molecule has 0 aliphatic carbocycles. The van der Waals surface area contributed by atoms with Gasteiger partial charge in [0, 0.05) is 33.2 Å². The summed E-state index contributed by atoms with van der Waals surface area (Å²) in [5.74, 6) is -1.31. The Morgan fingerprint density at radius 2 is 1.71 bits per heavy atom. The molecule has 1 heterocycles. The minimum absolute atomic E-state index is 0.103. The van der Waals surface area contributed by atoms with E-state index in [2.05, 4.69) is 4.98 Å². The lowest BCUT2D eigenvalue weighted by Crippen LogP contribution is -2.03. The number of carbonyl (C=O) groups is 2. The lowest BCUT2D eigenvalue weighted by atomic mass is 9.99. The van der Waals surface area contributed by atoms with Crippen LogP contribution in [0.4, 0.5) is 0 Å². The molecule has 2 aromatic carbocycles. The van der Waals surface area contributed by atoms with E-state index in [4.69, 9.17) is 11.6 Å². The maximum atomic E-state index is 12.6. The highest BCUT2D eigenvalue weighted by Gasteiger charge is 2.19. The maximum absolute atomic E-state index is 12.6. The number of H-pyrrole nitrogens is 1. The summed E-state index contributed by atoms with van der Waals surface area (Å²) in [5.41, 5.74) is 1.52. The standard InChI is InChI=1S/C16H10ClNO3/c17-10-6-4-9(5-7-10)15(19)12-8-18-13-3-1-2-11(14(12)13)16(20)21/h1-8,18H,(H,20,21). The highest BCUT2D eigenvalue weighted by Crippen LogP contribution is 2.25. The average molecular weight is 300 g/mol. The van der Waals surface area contributed by atoms with Crippen LogP contribution in [-0.2, 0) is 0 Å². The first-order valence-electron chi connectivity index (χ1n) is 6.21. The van der Waals surface area contributed by atoms with Crippen molar-refractivity contribution in [3.8, 4) is 0 Å². The van der Waals surface area contributed by atoms with Crippen LogP contribution in [0, 0.1) is 0 Å². The van der Waals surface area contributed by atoms with E-state index in [1.807, 2.05) is 0 Å². The number of halogens is 1. The summed E-state index contributed by atoms with van der Waals surface area (Å²) in [6.07, 6.45) is 1.54. The largest absolute Gasteiger partial charge is 0.478 e. The van der Waals surface area contributed by atoms with Crippen LogP contribution >= 0.6 is 11.6 Å². The summed E-state index contributed by atoms with van der Waals surface area (Å²) >= 11 is 5.81. The third-order valence-corrected chi connectivity index (χ3v) is 3.54. The van der Waals surface area contributed by atoms with Crippen molar-refractivity contribution in [1.29, 1.82) is 0 Å². The second kappa shape index (κ2) is 5.07. The average Bonchev–Trinajstić information content (AvgIpc) is 2.91. The normalized spacial score (nSPS) is 10.7. The Labute approximate surface area is 125 Å². The monoisotopic (exact) mass is 299 g/mol. The number of aromatic carboxylic acids is 1. The predicted octanol–water partition coefficient (Wildman–Crippen LogP) is 3.75. The Morgan fingerprint density at radius 1 is 1.00 bits per heavy atom. The van der Waals surface area contributed by atoms with Crippen molar-refractivity contribution in [3.05, 3.63) is 70.4 Å². The van der Waals surface area contributed by atoms with Crippen molar-refractivity contribution in [2.45, 2.75) is 0 Å². The van der Waals surface area contributed by atoms with Gasteiger partial charge < -0.3 is 10.1 Å². The van der Waals surface area contributed by atoms with Gasteiger partial charge in [-0.1, -0.05) is 17.7 Å². The first kappa shape index (κ1) is 13.4. The van der Waals surface area contributed by atoms with E-state index in [0.717, 1.165) is 0 Å². The molecule has 21 heavy (non-hydrogen) atoms. The van der Waals surface area contributed by atoms with Crippen LogP contribution in [0.5, 0.6) is 0 Å². The number of nitrogens with one attached hydrogen (secondary N) is 1. The van der Waals surface area contributed by atoms with Crippen molar-refractivity contribution in [1.82, 2.24) is 4.98 Å². The van der Waals surface area contributed by atoms with Crippen LogP contribution in [-0.4, -0.2) is 21.8 Å². The van der Waals surface area contributed by atoms with Crippen molar-refractivity contribution in [2.24, 2.45) is 0 Å². The van der Waals surface area contributed by atoms with E-state index in [1.165, 1.54) is 12.3 Å². The van der Waals surface area contributed by atoms with E-state index in [1.54, 1.807) is 36.4 Å². The van der Waals surface area contributed by atoms with Crippen LogP contribution in [0.2, 0.25) is 5.02 Å². The summed E-state index contributed by atoms with van der Waals surface area (Å²) in [5, 5.41) is 10.2. The molecule has 0 spiro atoms. The Bertz CT molecular complexity index is 850. The summed E-state index contributed by atoms with van der Waals surface area (Å²) in [4.78, 5) is 26.8. The van der Waals surface area contributed by atoms with Crippen LogP contribution in [0.1, 0.15) is 26.3 Å². The van der Waals surface area contributed by atoms with E-state index >= 15 is 0 Å². The second-order valence-corrected chi connectivity index (χ2v) is 5.01. The third kappa shape index (κ3) is 2.30. The van der Waals surface area contributed by atoms with E-state index in [9.17, 15) is 14.7 Å². The van der Waals surface area contributed by atoms with Gasteiger partial charge in [-0.3, -0.25) is 4.79 Å². The Balaban J connectivity index is 2.18. The number of ketones is 1. The number of aromatic amines is 1. The molecule has 0 aliphatic heterocycles. The minimum Gasteiger partial charge on any atom is -0.478 e. The predicted molar refractivity (Wildman–Crippen MR) is 80.1 cm³/mol. The molecular formula is C16H10ClNO3. The smallest absolute Gasteiger partial charge is 0.336 e. The molecule has 0 unspecified atom stereocenters. The molecule has 3 aromatic rings. The van der Waals surface area contributed by atoms with Crippen LogP contribution in [0.3, 0.4) is 0 Å². The highest BCUT2D eigenvalue weighted by molar-refractivity contribution is 6.30. The molecule has 0 amide bonds. The number of carboxylic acid groups (broad SMARTS) is 1. The molecule has 1 aromatic heterocycles. The number of aromatic nitrogens is 1. The number of fused-ring (bicyclic) bond motifs is 1. The van der Waals surface area contributed by atoms with Gasteiger partial charge in [-0.15, -0.1) is 0 Å². The topological polar surface area (TPSA) is 70.2 Å². The third-order valence-electron chi connectivity index (χ3n) is 3.29. The van der Waals surface area contributed by atoms with E-state index in [0.29, 0.717) is 27.1 Å². The quantitative estimate of drug-likeness (QED) is 0.724. The fourth-order valence-corrected chi connectivity index (χ4v) is 2.42. The molecule has 0 saturated carbocycles. The summed E-state index contributed by atoms with van der Waals surface area (Å²) in [6, 6.07) is 11.3. The van der Waals surface area contributed by atoms with Gasteiger partial charge in [0.1, 0.15) is 0 Å². The highest BCUT2D eigenvalue weighted by atomic mass is 35.5.